The Labute approximate surface area is 138 Å². The van der Waals surface area contributed by atoms with Crippen LogP contribution in [0.5, 0.6) is 5.88 Å². The van der Waals surface area contributed by atoms with E-state index in [4.69, 9.17) is 9.84 Å². The molecule has 1 aliphatic heterocycles. The van der Waals surface area contributed by atoms with Gasteiger partial charge in [-0.25, -0.2) is 9.67 Å². The highest BCUT2D eigenvalue weighted by atomic mass is 16.5. The minimum Gasteiger partial charge on any atom is -0.475 e. The number of fused-ring (bicyclic) bond motifs is 1. The molecule has 3 heterocycles. The third kappa shape index (κ3) is 3.19. The lowest BCUT2D eigenvalue weighted by Gasteiger charge is -2.11. The van der Waals surface area contributed by atoms with Crippen LogP contribution in [0.2, 0.25) is 0 Å². The fraction of sp³-hybridized carbons (Fsp3) is 0.556. The number of aromatic nitrogens is 3. The van der Waals surface area contributed by atoms with Crippen LogP contribution >= 0.6 is 0 Å². The van der Waals surface area contributed by atoms with Gasteiger partial charge in [0.05, 0.1) is 12.1 Å². The van der Waals surface area contributed by atoms with E-state index in [1.54, 1.807) is 0 Å². The third-order valence-corrected chi connectivity index (χ3v) is 4.29. The smallest absolute Gasteiger partial charge is 0.215 e. The van der Waals surface area contributed by atoms with Gasteiger partial charge in [0, 0.05) is 23.4 Å². The Hall–Kier alpha value is -2.04. The molecule has 0 fully saturated rings. The molecule has 1 aliphatic rings. The first-order valence-corrected chi connectivity index (χ1v) is 8.44. The van der Waals surface area contributed by atoms with E-state index in [0.29, 0.717) is 12.1 Å². The molecule has 0 bridgehead atoms. The van der Waals surface area contributed by atoms with Crippen LogP contribution in [0.4, 0.5) is 5.82 Å². The predicted octanol–water partition coefficient (Wildman–Crippen LogP) is 4.20. The fourth-order valence-corrected chi connectivity index (χ4v) is 2.98. The predicted molar refractivity (Wildman–Crippen MR) is 93.0 cm³/mol. The topological polar surface area (TPSA) is 52.0 Å². The lowest BCUT2D eigenvalue weighted by atomic mass is 10.1. The second-order valence-electron chi connectivity index (χ2n) is 6.81. The van der Waals surface area contributed by atoms with Crippen molar-refractivity contribution >= 4 is 5.82 Å². The van der Waals surface area contributed by atoms with Crippen molar-refractivity contribution in [3.63, 3.8) is 0 Å². The van der Waals surface area contributed by atoms with Crippen molar-refractivity contribution in [1.29, 1.82) is 0 Å². The quantitative estimate of drug-likeness (QED) is 0.922. The van der Waals surface area contributed by atoms with Gasteiger partial charge in [0.15, 0.2) is 0 Å². The van der Waals surface area contributed by atoms with E-state index < -0.39 is 0 Å². The summed E-state index contributed by atoms with van der Waals surface area (Å²) in [6.45, 7) is 10.6. The standard InChI is InChI=1S/C18H26N4O/c1-11(2)20-16-9-8-15(10-19-16)17-14(5)18-22(21-17)12(3)6-7-13(4)23-18/h8-13H,6-7H2,1-5H3,(H,19,20)/t12-,13+/m1/s1. The third-order valence-electron chi connectivity index (χ3n) is 4.29. The zero-order chi connectivity index (χ0) is 16.6. The summed E-state index contributed by atoms with van der Waals surface area (Å²) in [6, 6.07) is 4.81. The van der Waals surface area contributed by atoms with Gasteiger partial charge in [0.25, 0.3) is 0 Å². The van der Waals surface area contributed by atoms with Gasteiger partial charge in [-0.3, -0.25) is 0 Å². The summed E-state index contributed by atoms with van der Waals surface area (Å²) in [5, 5.41) is 8.12. The van der Waals surface area contributed by atoms with Crippen molar-refractivity contribution in [3.8, 4) is 17.1 Å². The average Bonchev–Trinajstić information content (AvgIpc) is 2.74. The second-order valence-corrected chi connectivity index (χ2v) is 6.81. The van der Waals surface area contributed by atoms with E-state index in [9.17, 15) is 0 Å². The summed E-state index contributed by atoms with van der Waals surface area (Å²) in [4.78, 5) is 4.49. The highest BCUT2D eigenvalue weighted by molar-refractivity contribution is 5.65. The molecule has 124 valence electrons. The van der Waals surface area contributed by atoms with Crippen molar-refractivity contribution in [1.82, 2.24) is 14.8 Å². The van der Waals surface area contributed by atoms with E-state index in [0.717, 1.165) is 41.4 Å². The van der Waals surface area contributed by atoms with E-state index >= 15 is 0 Å². The maximum atomic E-state index is 6.10. The molecular formula is C18H26N4O. The van der Waals surface area contributed by atoms with E-state index in [-0.39, 0.29) is 6.10 Å². The number of pyridine rings is 1. The summed E-state index contributed by atoms with van der Waals surface area (Å²) in [5.74, 6) is 1.79. The Morgan fingerprint density at radius 3 is 2.70 bits per heavy atom. The SMILES string of the molecule is Cc1c(-c2ccc(NC(C)C)nc2)nn2c1O[C@@H](C)CC[C@H]2C. The number of rotatable bonds is 3. The Bertz CT molecular complexity index is 675. The first kappa shape index (κ1) is 15.8. The summed E-state index contributed by atoms with van der Waals surface area (Å²) in [5.41, 5.74) is 3.09. The minimum absolute atomic E-state index is 0.234. The molecule has 2 aromatic rings. The molecule has 3 rings (SSSR count). The maximum absolute atomic E-state index is 6.10. The first-order valence-electron chi connectivity index (χ1n) is 8.44. The molecule has 0 amide bonds. The summed E-state index contributed by atoms with van der Waals surface area (Å²) >= 11 is 0. The molecule has 0 unspecified atom stereocenters. The number of hydrogen-bond donors (Lipinski definition) is 1. The zero-order valence-corrected chi connectivity index (χ0v) is 14.6. The van der Waals surface area contributed by atoms with Crippen LogP contribution in [0.3, 0.4) is 0 Å². The molecule has 2 atom stereocenters. The zero-order valence-electron chi connectivity index (χ0n) is 14.6. The highest BCUT2D eigenvalue weighted by Gasteiger charge is 2.25. The van der Waals surface area contributed by atoms with Gasteiger partial charge in [-0.15, -0.1) is 0 Å². The Morgan fingerprint density at radius 1 is 1.26 bits per heavy atom. The molecule has 0 aromatic carbocycles. The number of ether oxygens (including phenoxy) is 1. The molecular weight excluding hydrogens is 288 g/mol. The van der Waals surface area contributed by atoms with Crippen molar-refractivity contribution in [2.45, 2.75) is 65.6 Å². The van der Waals surface area contributed by atoms with Crippen LogP contribution in [0, 0.1) is 6.92 Å². The van der Waals surface area contributed by atoms with Gasteiger partial charge >= 0.3 is 0 Å². The van der Waals surface area contributed by atoms with Crippen LogP contribution < -0.4 is 10.1 Å². The number of nitrogens with one attached hydrogen (secondary N) is 1. The van der Waals surface area contributed by atoms with Crippen LogP contribution in [0.1, 0.15) is 52.1 Å². The van der Waals surface area contributed by atoms with Crippen molar-refractivity contribution < 1.29 is 4.74 Å². The molecule has 2 aromatic heterocycles. The van der Waals surface area contributed by atoms with Crippen molar-refractivity contribution in [3.05, 3.63) is 23.9 Å². The summed E-state index contributed by atoms with van der Waals surface area (Å²) in [7, 11) is 0. The van der Waals surface area contributed by atoms with Gasteiger partial charge in [-0.05, 0) is 59.6 Å². The Morgan fingerprint density at radius 2 is 2.04 bits per heavy atom. The number of hydrogen-bond acceptors (Lipinski definition) is 4. The van der Waals surface area contributed by atoms with Gasteiger partial charge < -0.3 is 10.1 Å². The summed E-state index contributed by atoms with van der Waals surface area (Å²) in [6.07, 6.45) is 4.27. The maximum Gasteiger partial charge on any atom is 0.215 e. The van der Waals surface area contributed by atoms with E-state index in [2.05, 4.69) is 51.0 Å². The van der Waals surface area contributed by atoms with Gasteiger partial charge in [-0.1, -0.05) is 0 Å². The van der Waals surface area contributed by atoms with Crippen molar-refractivity contribution in [2.24, 2.45) is 0 Å². The minimum atomic E-state index is 0.234. The van der Waals surface area contributed by atoms with Crippen molar-refractivity contribution in [2.75, 3.05) is 5.32 Å². The molecule has 0 spiro atoms. The molecule has 5 nitrogen and oxygen atoms in total. The average molecular weight is 314 g/mol. The monoisotopic (exact) mass is 314 g/mol. The van der Waals surface area contributed by atoms with Crippen LogP contribution in [0.25, 0.3) is 11.3 Å². The fourth-order valence-electron chi connectivity index (χ4n) is 2.98. The van der Waals surface area contributed by atoms with E-state index in [1.165, 1.54) is 0 Å². The first-order chi connectivity index (χ1) is 11.0. The van der Waals surface area contributed by atoms with Crippen LogP contribution in [-0.4, -0.2) is 26.9 Å². The van der Waals surface area contributed by atoms with Crippen LogP contribution in [0.15, 0.2) is 18.3 Å². The molecule has 1 N–H and O–H groups in total. The normalized spacial score (nSPS) is 20.8. The van der Waals surface area contributed by atoms with Crippen LogP contribution in [-0.2, 0) is 0 Å². The Balaban J connectivity index is 1.95. The Kier molecular flexibility index (Phi) is 4.28. The molecule has 0 radical (unpaired) electrons. The number of anilines is 1. The largest absolute Gasteiger partial charge is 0.475 e. The highest BCUT2D eigenvalue weighted by Crippen LogP contribution is 2.36. The van der Waals surface area contributed by atoms with Gasteiger partial charge in [-0.2, -0.15) is 5.10 Å². The lowest BCUT2D eigenvalue weighted by Crippen LogP contribution is -2.10. The molecule has 0 saturated heterocycles. The molecule has 5 heteroatoms. The summed E-state index contributed by atoms with van der Waals surface area (Å²) < 4.78 is 8.14. The van der Waals surface area contributed by atoms with Gasteiger partial charge in [0.1, 0.15) is 11.5 Å². The lowest BCUT2D eigenvalue weighted by molar-refractivity contribution is 0.207. The van der Waals surface area contributed by atoms with Gasteiger partial charge in [0.2, 0.25) is 5.88 Å². The number of nitrogens with zero attached hydrogens (tertiary/aromatic N) is 3. The second kappa shape index (κ2) is 6.22. The molecule has 0 saturated carbocycles. The molecule has 23 heavy (non-hydrogen) atoms. The molecule has 0 aliphatic carbocycles. The van der Waals surface area contributed by atoms with E-state index in [1.807, 2.05) is 16.9 Å².